The third kappa shape index (κ3) is 3.20. The highest BCUT2D eigenvalue weighted by Crippen LogP contribution is 2.30. The molecule has 0 aromatic carbocycles. The van der Waals surface area contributed by atoms with E-state index in [-0.39, 0.29) is 28.4 Å². The van der Waals surface area contributed by atoms with Gasteiger partial charge in [-0.25, -0.2) is 14.8 Å². The molecule has 0 radical (unpaired) electrons. The zero-order valence-electron chi connectivity index (χ0n) is 9.30. The number of aliphatic hydroxyl groups excluding tert-OH is 2. The molecule has 0 fully saturated rings. The SMILES string of the molecule is CCOC(=O)C(O)C(O)c1c(Cl)nc(N)nc1Cl. The molecule has 4 N–H and O–H groups in total. The van der Waals surface area contributed by atoms with Crippen molar-refractivity contribution in [1.82, 2.24) is 9.97 Å². The molecule has 0 amide bonds. The zero-order valence-corrected chi connectivity index (χ0v) is 10.8. The van der Waals surface area contributed by atoms with Gasteiger partial charge in [-0.05, 0) is 6.92 Å². The second-order valence-corrected chi connectivity index (χ2v) is 3.93. The minimum absolute atomic E-state index is 0.0579. The Bertz CT molecular complexity index is 434. The lowest BCUT2D eigenvalue weighted by molar-refractivity contribution is -0.159. The van der Waals surface area contributed by atoms with Gasteiger partial charge < -0.3 is 20.7 Å². The number of ether oxygens (including phenoxy) is 1. The minimum Gasteiger partial charge on any atom is -0.464 e. The van der Waals surface area contributed by atoms with E-state index in [2.05, 4.69) is 14.7 Å². The fourth-order valence-corrected chi connectivity index (χ4v) is 1.81. The Kier molecular flexibility index (Phi) is 5.09. The van der Waals surface area contributed by atoms with E-state index in [1.165, 1.54) is 0 Å². The van der Waals surface area contributed by atoms with Crippen molar-refractivity contribution in [1.29, 1.82) is 0 Å². The van der Waals surface area contributed by atoms with E-state index in [1.807, 2.05) is 0 Å². The summed E-state index contributed by atoms with van der Waals surface area (Å²) >= 11 is 11.4. The smallest absolute Gasteiger partial charge is 0.338 e. The predicted octanol–water partition coefficient (Wildman–Crippen LogP) is 0.323. The Morgan fingerprint density at radius 3 is 2.33 bits per heavy atom. The summed E-state index contributed by atoms with van der Waals surface area (Å²) in [6, 6.07) is 0. The molecular weight excluding hydrogens is 285 g/mol. The third-order valence-corrected chi connectivity index (χ3v) is 2.57. The van der Waals surface area contributed by atoms with Crippen LogP contribution in [0.25, 0.3) is 0 Å². The lowest BCUT2D eigenvalue weighted by Crippen LogP contribution is -2.30. The first-order valence-corrected chi connectivity index (χ1v) is 5.65. The zero-order chi connectivity index (χ0) is 13.9. The highest BCUT2D eigenvalue weighted by molar-refractivity contribution is 6.34. The van der Waals surface area contributed by atoms with E-state index in [4.69, 9.17) is 28.9 Å². The second kappa shape index (κ2) is 6.14. The van der Waals surface area contributed by atoms with Crippen molar-refractivity contribution in [3.63, 3.8) is 0 Å². The van der Waals surface area contributed by atoms with Crippen molar-refractivity contribution in [2.45, 2.75) is 19.1 Å². The van der Waals surface area contributed by atoms with Crippen LogP contribution in [0.2, 0.25) is 10.3 Å². The Hall–Kier alpha value is -1.15. The van der Waals surface area contributed by atoms with Gasteiger partial charge in [0.05, 0.1) is 12.2 Å². The van der Waals surface area contributed by atoms with Crippen LogP contribution in [0, 0.1) is 0 Å². The normalized spacial score (nSPS) is 14.1. The van der Waals surface area contributed by atoms with Crippen LogP contribution in [0.15, 0.2) is 0 Å². The molecule has 1 aromatic heterocycles. The molecule has 1 heterocycles. The van der Waals surface area contributed by atoms with E-state index < -0.39 is 18.2 Å². The number of nitrogens with two attached hydrogens (primary N) is 1. The van der Waals surface area contributed by atoms with Gasteiger partial charge in [-0.3, -0.25) is 0 Å². The third-order valence-electron chi connectivity index (χ3n) is 1.99. The van der Waals surface area contributed by atoms with Crippen molar-refractivity contribution >= 4 is 35.1 Å². The van der Waals surface area contributed by atoms with Gasteiger partial charge in [0.15, 0.2) is 6.10 Å². The molecule has 18 heavy (non-hydrogen) atoms. The van der Waals surface area contributed by atoms with Gasteiger partial charge in [-0.15, -0.1) is 0 Å². The molecule has 1 rings (SSSR count). The number of rotatable bonds is 4. The van der Waals surface area contributed by atoms with Crippen molar-refractivity contribution < 1.29 is 19.7 Å². The number of aromatic nitrogens is 2. The summed E-state index contributed by atoms with van der Waals surface area (Å²) < 4.78 is 4.55. The topological polar surface area (TPSA) is 119 Å². The number of hydrogen-bond donors (Lipinski definition) is 3. The van der Waals surface area contributed by atoms with Gasteiger partial charge in [0.25, 0.3) is 0 Å². The first kappa shape index (κ1) is 14.9. The maximum Gasteiger partial charge on any atom is 0.338 e. The number of anilines is 1. The molecule has 0 saturated carbocycles. The van der Waals surface area contributed by atoms with Crippen LogP contribution in [0.3, 0.4) is 0 Å². The van der Waals surface area contributed by atoms with Crippen LogP contribution in [-0.4, -0.2) is 38.9 Å². The van der Waals surface area contributed by atoms with Gasteiger partial charge in [0.2, 0.25) is 5.95 Å². The Morgan fingerprint density at radius 1 is 1.39 bits per heavy atom. The summed E-state index contributed by atoms with van der Waals surface area (Å²) in [6.07, 6.45) is -3.54. The number of hydrogen-bond acceptors (Lipinski definition) is 7. The molecule has 0 aliphatic heterocycles. The number of nitrogen functional groups attached to an aromatic ring is 1. The second-order valence-electron chi connectivity index (χ2n) is 3.22. The molecule has 0 spiro atoms. The lowest BCUT2D eigenvalue weighted by atomic mass is 10.1. The van der Waals surface area contributed by atoms with E-state index in [9.17, 15) is 15.0 Å². The van der Waals surface area contributed by atoms with Crippen molar-refractivity contribution in [3.05, 3.63) is 15.9 Å². The largest absolute Gasteiger partial charge is 0.464 e. The van der Waals surface area contributed by atoms with Crippen molar-refractivity contribution in [2.75, 3.05) is 12.3 Å². The quantitative estimate of drug-likeness (QED) is 0.541. The average molecular weight is 296 g/mol. The molecule has 0 bridgehead atoms. The highest BCUT2D eigenvalue weighted by atomic mass is 35.5. The van der Waals surface area contributed by atoms with E-state index in [1.54, 1.807) is 6.92 Å². The lowest BCUT2D eigenvalue weighted by Gasteiger charge is -2.18. The summed E-state index contributed by atoms with van der Waals surface area (Å²) in [6.45, 7) is 1.62. The average Bonchev–Trinajstić information content (AvgIpc) is 2.26. The maximum absolute atomic E-state index is 11.3. The van der Waals surface area contributed by atoms with Gasteiger partial charge in [-0.1, -0.05) is 23.2 Å². The molecule has 2 atom stereocenters. The van der Waals surface area contributed by atoms with Gasteiger partial charge in [-0.2, -0.15) is 0 Å². The molecule has 1 aromatic rings. The Balaban J connectivity index is 3.03. The van der Waals surface area contributed by atoms with Crippen molar-refractivity contribution in [2.24, 2.45) is 0 Å². The molecule has 2 unspecified atom stereocenters. The van der Waals surface area contributed by atoms with E-state index in [0.717, 1.165) is 0 Å². The van der Waals surface area contributed by atoms with Crippen LogP contribution in [-0.2, 0) is 9.53 Å². The van der Waals surface area contributed by atoms with Crippen LogP contribution >= 0.6 is 23.2 Å². The number of nitrogens with zero attached hydrogens (tertiary/aromatic N) is 2. The van der Waals surface area contributed by atoms with Crippen molar-refractivity contribution in [3.8, 4) is 0 Å². The Labute approximate surface area is 113 Å². The fraction of sp³-hybridized carbons (Fsp3) is 0.444. The molecule has 0 aliphatic rings. The molecule has 0 saturated heterocycles. The van der Waals surface area contributed by atoms with Gasteiger partial charge >= 0.3 is 5.97 Å². The van der Waals surface area contributed by atoms with Crippen LogP contribution in [0.5, 0.6) is 0 Å². The van der Waals surface area contributed by atoms with Crippen LogP contribution in [0.4, 0.5) is 5.95 Å². The predicted molar refractivity (Wildman–Crippen MR) is 64.1 cm³/mol. The fourth-order valence-electron chi connectivity index (χ4n) is 1.19. The first-order valence-electron chi connectivity index (χ1n) is 4.89. The van der Waals surface area contributed by atoms with Crippen LogP contribution in [0.1, 0.15) is 18.6 Å². The molecular formula is C9H11Cl2N3O4. The monoisotopic (exact) mass is 295 g/mol. The number of esters is 1. The summed E-state index contributed by atoms with van der Waals surface area (Å²) in [5, 5.41) is 18.9. The number of halogens is 2. The number of carbonyl (C=O) groups excluding carboxylic acids is 1. The summed E-state index contributed by atoms with van der Waals surface area (Å²) in [5.74, 6) is -1.19. The summed E-state index contributed by atoms with van der Waals surface area (Å²) in [7, 11) is 0. The number of carbonyl (C=O) groups is 1. The molecule has 0 aliphatic carbocycles. The van der Waals surface area contributed by atoms with Crippen LogP contribution < -0.4 is 5.73 Å². The minimum atomic E-state index is -1.84. The number of aliphatic hydroxyl groups is 2. The van der Waals surface area contributed by atoms with E-state index in [0.29, 0.717) is 0 Å². The maximum atomic E-state index is 11.3. The highest BCUT2D eigenvalue weighted by Gasteiger charge is 2.31. The molecule has 9 heteroatoms. The van der Waals surface area contributed by atoms with Gasteiger partial charge in [0, 0.05) is 0 Å². The van der Waals surface area contributed by atoms with E-state index >= 15 is 0 Å². The Morgan fingerprint density at radius 2 is 1.89 bits per heavy atom. The summed E-state index contributed by atoms with van der Waals surface area (Å²) in [4.78, 5) is 18.4. The van der Waals surface area contributed by atoms with Gasteiger partial charge in [0.1, 0.15) is 16.4 Å². The first-order chi connectivity index (χ1) is 8.38. The standard InChI is InChI=1S/C9H11Cl2N3O4/c1-2-18-8(17)5(16)4(15)3-6(10)13-9(12)14-7(3)11/h4-5,15-16H,2H2,1H3,(H2,12,13,14). The molecule has 100 valence electrons. The molecule has 7 nitrogen and oxygen atoms in total. The summed E-state index contributed by atoms with van der Waals surface area (Å²) in [5.41, 5.74) is 5.10.